The van der Waals surface area contributed by atoms with Crippen molar-refractivity contribution in [2.75, 3.05) is 43.5 Å². The van der Waals surface area contributed by atoms with Gasteiger partial charge in [-0.15, -0.1) is 0 Å². The van der Waals surface area contributed by atoms with Crippen LogP contribution in [0.4, 0.5) is 5.69 Å². The second-order valence-electron chi connectivity index (χ2n) is 9.60. The van der Waals surface area contributed by atoms with Gasteiger partial charge < -0.3 is 25.0 Å². The highest BCUT2D eigenvalue weighted by Gasteiger charge is 2.19. The molecule has 39 heavy (non-hydrogen) atoms. The van der Waals surface area contributed by atoms with Crippen molar-refractivity contribution >= 4 is 43.2 Å². The number of nitrogens with zero attached hydrogens (tertiary/aromatic N) is 2. The molecule has 2 aromatic rings. The van der Waals surface area contributed by atoms with Crippen LogP contribution in [0.25, 0.3) is 11.6 Å². The Morgan fingerprint density at radius 2 is 1.74 bits per heavy atom. The van der Waals surface area contributed by atoms with Crippen LogP contribution in [0.1, 0.15) is 55.2 Å². The number of amides is 1. The fraction of sp³-hybridized carbons (Fsp3) is 0.500. The maximum atomic E-state index is 12.2. The Morgan fingerprint density at radius 1 is 1.05 bits per heavy atom. The van der Waals surface area contributed by atoms with Crippen molar-refractivity contribution in [3.63, 3.8) is 0 Å². The third kappa shape index (κ3) is 10.9. The fourth-order valence-corrected chi connectivity index (χ4v) is 5.94. The lowest BCUT2D eigenvalue weighted by molar-refractivity contribution is -0.684. The fourth-order valence-electron chi connectivity index (χ4n) is 4.69. The van der Waals surface area contributed by atoms with E-state index in [1.807, 2.05) is 23.0 Å². The Bertz CT molecular complexity index is 1190. The van der Waals surface area contributed by atoms with E-state index in [0.717, 1.165) is 69.3 Å². The normalized spacial score (nSPS) is 14.3. The van der Waals surface area contributed by atoms with Crippen LogP contribution in [0, 0.1) is 0 Å². The zero-order chi connectivity index (χ0) is 28.1. The van der Waals surface area contributed by atoms with E-state index < -0.39 is 9.15 Å². The number of aryl methyl sites for hydroxylation is 1. The van der Waals surface area contributed by atoms with Gasteiger partial charge >= 0.3 is 0 Å². The summed E-state index contributed by atoms with van der Waals surface area (Å²) in [5.74, 6) is -0.218. The summed E-state index contributed by atoms with van der Waals surface area (Å²) >= 11 is 0. The minimum atomic E-state index is -4.35. The number of aliphatic hydroxyl groups excluding tert-OH is 2. The average Bonchev–Trinajstić information content (AvgIpc) is 2.90. The number of anilines is 1. The molecule has 0 atom stereocenters. The molecular formula is C28H39N3O6S2. The first-order chi connectivity index (χ1) is 18.8. The van der Waals surface area contributed by atoms with Gasteiger partial charge in [0.2, 0.25) is 6.54 Å². The third-order valence-corrected chi connectivity index (χ3v) is 8.61. The van der Waals surface area contributed by atoms with Gasteiger partial charge in [-0.1, -0.05) is 18.2 Å². The van der Waals surface area contributed by atoms with Crippen molar-refractivity contribution in [3.05, 3.63) is 59.4 Å². The number of hydrogen-bond acceptors (Lipinski definition) is 8. The van der Waals surface area contributed by atoms with Crippen LogP contribution in [0.15, 0.2) is 42.7 Å². The van der Waals surface area contributed by atoms with Gasteiger partial charge in [0.25, 0.3) is 5.91 Å². The highest BCUT2D eigenvalue weighted by Crippen LogP contribution is 2.31. The van der Waals surface area contributed by atoms with Crippen LogP contribution in [-0.4, -0.2) is 67.7 Å². The van der Waals surface area contributed by atoms with E-state index in [0.29, 0.717) is 0 Å². The van der Waals surface area contributed by atoms with Gasteiger partial charge in [0, 0.05) is 55.9 Å². The van der Waals surface area contributed by atoms with Crippen molar-refractivity contribution in [1.29, 1.82) is 0 Å². The number of carbonyl (C=O) groups excluding carboxylic acids is 1. The Labute approximate surface area is 235 Å². The summed E-state index contributed by atoms with van der Waals surface area (Å²) < 4.78 is 33.8. The third-order valence-electron chi connectivity index (χ3n) is 6.59. The van der Waals surface area contributed by atoms with E-state index in [1.165, 1.54) is 16.7 Å². The number of benzene rings is 1. The molecule has 1 heterocycles. The molecule has 0 aliphatic heterocycles. The minimum absolute atomic E-state index is 0.0209. The first-order valence-electron chi connectivity index (χ1n) is 13.5. The van der Waals surface area contributed by atoms with Crippen molar-refractivity contribution in [2.24, 2.45) is 0 Å². The van der Waals surface area contributed by atoms with Crippen LogP contribution in [0.3, 0.4) is 0 Å². The summed E-state index contributed by atoms with van der Waals surface area (Å²) in [5.41, 5.74) is 5.91. The molecule has 0 bridgehead atoms. The van der Waals surface area contributed by atoms with Crippen molar-refractivity contribution < 1.29 is 32.5 Å². The molecule has 3 N–H and O–H groups in total. The Morgan fingerprint density at radius 3 is 2.38 bits per heavy atom. The summed E-state index contributed by atoms with van der Waals surface area (Å²) in [5, 5.41) is 20.9. The van der Waals surface area contributed by atoms with Gasteiger partial charge in [-0.05, 0) is 84.6 Å². The summed E-state index contributed by atoms with van der Waals surface area (Å²) in [7, 11) is -4.07. The van der Waals surface area contributed by atoms with E-state index in [-0.39, 0.29) is 48.8 Å². The van der Waals surface area contributed by atoms with E-state index in [9.17, 15) is 17.8 Å². The zero-order valence-corrected chi connectivity index (χ0v) is 23.9. The molecule has 0 saturated heterocycles. The molecule has 0 unspecified atom stereocenters. The number of allylic oxidation sites excluding steroid dienone is 1. The number of rotatable bonds is 16. The van der Waals surface area contributed by atoms with E-state index >= 15 is 0 Å². The standard InChI is InChI=1S/C28H39N3O6S2/c32-17-3-1-14-31(15-2-4-18-33)26-10-8-23(9-11-26)20-24-6-5-7-25-21-30(16-12-27(24)25)22-28(34)29-13-19-38-39(35,36)37/h8-12,16,20-21,32-33H,1-7,13-15,17-19,22H2,(H-,29,34,35,36,37). The summed E-state index contributed by atoms with van der Waals surface area (Å²) in [6, 6.07) is 10.6. The molecule has 1 amide bonds. The number of carbonyl (C=O) groups is 1. The van der Waals surface area contributed by atoms with Gasteiger partial charge in [-0.3, -0.25) is 4.79 Å². The number of nitrogens with one attached hydrogen (secondary N) is 1. The summed E-state index contributed by atoms with van der Waals surface area (Å²) in [6.45, 7) is 2.38. The Balaban J connectivity index is 1.64. The second-order valence-corrected chi connectivity index (χ2v) is 13.0. The number of pyridine rings is 1. The SMILES string of the molecule is O=C(C[n+]1ccc2c(c1)CCC/C2=C\c1ccc(N(CCCCO)CCCCO)cc1)NCCSS(=O)(=O)[O-]. The van der Waals surface area contributed by atoms with E-state index in [2.05, 4.69) is 40.6 Å². The first kappa shape index (κ1) is 31.1. The topological polar surface area (TPSA) is 134 Å². The van der Waals surface area contributed by atoms with Gasteiger partial charge in [-0.2, -0.15) is 4.57 Å². The van der Waals surface area contributed by atoms with Gasteiger partial charge in [0.05, 0.1) is 0 Å². The lowest BCUT2D eigenvalue weighted by Gasteiger charge is -2.25. The maximum Gasteiger partial charge on any atom is 0.286 e. The monoisotopic (exact) mass is 577 g/mol. The van der Waals surface area contributed by atoms with Crippen molar-refractivity contribution in [2.45, 2.75) is 51.5 Å². The molecular weight excluding hydrogens is 538 g/mol. The van der Waals surface area contributed by atoms with Gasteiger partial charge in [0.1, 0.15) is 9.15 Å². The highest BCUT2D eigenvalue weighted by atomic mass is 33.1. The number of aliphatic hydroxyl groups is 2. The molecule has 0 fully saturated rings. The number of hydrogen-bond donors (Lipinski definition) is 3. The Hall–Kier alpha value is -2.44. The lowest BCUT2D eigenvalue weighted by Crippen LogP contribution is -2.43. The average molecular weight is 578 g/mol. The second kappa shape index (κ2) is 16.0. The van der Waals surface area contributed by atoms with E-state index in [1.54, 1.807) is 0 Å². The minimum Gasteiger partial charge on any atom is -0.739 e. The smallest absolute Gasteiger partial charge is 0.286 e. The number of unbranched alkanes of at least 4 members (excludes halogenated alkanes) is 2. The van der Waals surface area contributed by atoms with Gasteiger partial charge in [0.15, 0.2) is 12.4 Å². The number of aromatic nitrogens is 1. The lowest BCUT2D eigenvalue weighted by atomic mass is 9.87. The molecule has 1 aliphatic rings. The molecule has 9 nitrogen and oxygen atoms in total. The number of fused-ring (bicyclic) bond motifs is 1. The van der Waals surface area contributed by atoms with Gasteiger partial charge in [-0.25, -0.2) is 8.42 Å². The molecule has 1 aliphatic carbocycles. The van der Waals surface area contributed by atoms with Crippen LogP contribution >= 0.6 is 10.8 Å². The van der Waals surface area contributed by atoms with Crippen molar-refractivity contribution in [1.82, 2.24) is 5.32 Å². The molecule has 1 aromatic heterocycles. The van der Waals surface area contributed by atoms with Crippen LogP contribution in [0.5, 0.6) is 0 Å². The summed E-state index contributed by atoms with van der Waals surface area (Å²) in [4.78, 5) is 14.5. The molecule has 3 rings (SSSR count). The van der Waals surface area contributed by atoms with Crippen LogP contribution in [0.2, 0.25) is 0 Å². The summed E-state index contributed by atoms with van der Waals surface area (Å²) in [6.07, 6.45) is 12.4. The molecule has 1 aromatic carbocycles. The predicted molar refractivity (Wildman–Crippen MR) is 154 cm³/mol. The maximum absolute atomic E-state index is 12.2. The van der Waals surface area contributed by atoms with E-state index in [4.69, 9.17) is 10.2 Å². The van der Waals surface area contributed by atoms with Crippen LogP contribution in [-0.2, 0) is 26.9 Å². The van der Waals surface area contributed by atoms with Crippen molar-refractivity contribution in [3.8, 4) is 0 Å². The Kier molecular flexibility index (Phi) is 12.7. The molecule has 214 valence electrons. The predicted octanol–water partition coefficient (Wildman–Crippen LogP) is 2.51. The zero-order valence-electron chi connectivity index (χ0n) is 22.3. The largest absolute Gasteiger partial charge is 0.739 e. The molecule has 11 heteroatoms. The highest BCUT2D eigenvalue weighted by molar-refractivity contribution is 8.69. The first-order valence-corrected chi connectivity index (χ1v) is 16.4. The molecule has 0 radical (unpaired) electrons. The molecule has 0 spiro atoms. The molecule has 0 saturated carbocycles. The van der Waals surface area contributed by atoms with Crippen LogP contribution < -0.4 is 14.8 Å². The quantitative estimate of drug-likeness (QED) is 0.120.